The molecule has 7 heteroatoms. The Kier molecular flexibility index (Phi) is 4.62. The molecule has 2 aromatic heterocycles. The van der Waals surface area contributed by atoms with E-state index in [-0.39, 0.29) is 17.4 Å². The molecule has 0 saturated carbocycles. The first-order chi connectivity index (χ1) is 9.67. The number of nitrogens with one attached hydrogen (secondary N) is 2. The van der Waals surface area contributed by atoms with Gasteiger partial charge in [-0.15, -0.1) is 11.3 Å². The van der Waals surface area contributed by atoms with Crippen molar-refractivity contribution in [3.05, 3.63) is 40.2 Å². The number of amides is 1. The maximum Gasteiger partial charge on any atom is 0.255 e. The Labute approximate surface area is 120 Å². The number of pyridine rings is 1. The summed E-state index contributed by atoms with van der Waals surface area (Å²) in [5.74, 6) is -1.06. The second-order valence-electron chi connectivity index (χ2n) is 4.08. The van der Waals surface area contributed by atoms with Gasteiger partial charge in [0.25, 0.3) is 5.91 Å². The van der Waals surface area contributed by atoms with Crippen LogP contribution in [0, 0.1) is 5.82 Å². The number of anilines is 1. The first kappa shape index (κ1) is 14.4. The molecule has 2 aromatic rings. The summed E-state index contributed by atoms with van der Waals surface area (Å²) in [6.07, 6.45) is 3.76. The standard InChI is InChI=1S/C13H15FN4OS/c1-3-9(13-17-6-7-20-13)18-12(19)8-4-5-16-11(15-2)10(8)14/h4-7,9H,3H2,1-2H3,(H,15,16)(H,18,19). The Hall–Kier alpha value is -2.02. The highest BCUT2D eigenvalue weighted by Crippen LogP contribution is 2.20. The molecule has 0 aliphatic rings. The number of carbonyl (C=O) groups excluding carboxylic acids is 1. The number of nitrogens with zero attached hydrogens (tertiary/aromatic N) is 2. The van der Waals surface area contributed by atoms with Crippen LogP contribution < -0.4 is 10.6 Å². The van der Waals surface area contributed by atoms with Crippen LogP contribution in [-0.2, 0) is 0 Å². The van der Waals surface area contributed by atoms with Crippen LogP contribution in [-0.4, -0.2) is 22.9 Å². The van der Waals surface area contributed by atoms with E-state index in [4.69, 9.17) is 0 Å². The van der Waals surface area contributed by atoms with Crippen molar-refractivity contribution < 1.29 is 9.18 Å². The third kappa shape index (κ3) is 2.93. The lowest BCUT2D eigenvalue weighted by molar-refractivity contribution is 0.0931. The van der Waals surface area contributed by atoms with E-state index in [2.05, 4.69) is 20.6 Å². The van der Waals surface area contributed by atoms with Crippen LogP contribution in [0.1, 0.15) is 34.8 Å². The number of hydrogen-bond donors (Lipinski definition) is 2. The van der Waals surface area contributed by atoms with Gasteiger partial charge in [-0.2, -0.15) is 0 Å². The van der Waals surface area contributed by atoms with Crippen molar-refractivity contribution in [1.82, 2.24) is 15.3 Å². The molecule has 0 saturated heterocycles. The van der Waals surface area contributed by atoms with Crippen LogP contribution in [0.3, 0.4) is 0 Å². The molecule has 0 aliphatic heterocycles. The van der Waals surface area contributed by atoms with Crippen molar-refractivity contribution in [2.45, 2.75) is 19.4 Å². The number of thiazole rings is 1. The lowest BCUT2D eigenvalue weighted by atomic mass is 10.2. The zero-order chi connectivity index (χ0) is 14.5. The van der Waals surface area contributed by atoms with E-state index < -0.39 is 11.7 Å². The first-order valence-electron chi connectivity index (χ1n) is 6.19. The minimum atomic E-state index is -0.651. The van der Waals surface area contributed by atoms with Gasteiger partial charge in [-0.25, -0.2) is 14.4 Å². The van der Waals surface area contributed by atoms with Gasteiger partial charge in [0, 0.05) is 24.8 Å². The summed E-state index contributed by atoms with van der Waals surface area (Å²) in [4.78, 5) is 20.2. The zero-order valence-corrected chi connectivity index (χ0v) is 12.0. The second-order valence-corrected chi connectivity index (χ2v) is 5.00. The van der Waals surface area contributed by atoms with Gasteiger partial charge in [0.05, 0.1) is 11.6 Å². The number of rotatable bonds is 5. The van der Waals surface area contributed by atoms with Gasteiger partial charge in [-0.1, -0.05) is 6.92 Å². The summed E-state index contributed by atoms with van der Waals surface area (Å²) >= 11 is 1.46. The van der Waals surface area contributed by atoms with Crippen LogP contribution in [0.15, 0.2) is 23.8 Å². The summed E-state index contributed by atoms with van der Waals surface area (Å²) < 4.78 is 14.0. The van der Waals surface area contributed by atoms with Crippen molar-refractivity contribution in [2.75, 3.05) is 12.4 Å². The third-order valence-corrected chi connectivity index (χ3v) is 3.72. The van der Waals surface area contributed by atoms with Crippen molar-refractivity contribution >= 4 is 23.1 Å². The average molecular weight is 294 g/mol. The van der Waals surface area contributed by atoms with E-state index in [1.54, 1.807) is 13.2 Å². The Balaban J connectivity index is 2.19. The topological polar surface area (TPSA) is 66.9 Å². The molecule has 5 nitrogen and oxygen atoms in total. The van der Waals surface area contributed by atoms with Gasteiger partial charge < -0.3 is 10.6 Å². The maximum atomic E-state index is 14.0. The molecule has 2 N–H and O–H groups in total. The smallest absolute Gasteiger partial charge is 0.255 e. The molecular weight excluding hydrogens is 279 g/mol. The fourth-order valence-electron chi connectivity index (χ4n) is 1.77. The van der Waals surface area contributed by atoms with E-state index in [9.17, 15) is 9.18 Å². The first-order valence-corrected chi connectivity index (χ1v) is 7.07. The predicted octanol–water partition coefficient (Wildman–Crippen LogP) is 2.60. The molecule has 0 fully saturated rings. The van der Waals surface area contributed by atoms with Crippen molar-refractivity contribution in [1.29, 1.82) is 0 Å². The molecular formula is C13H15FN4OS. The maximum absolute atomic E-state index is 14.0. The Morgan fingerprint density at radius 2 is 2.25 bits per heavy atom. The predicted molar refractivity (Wildman–Crippen MR) is 76.4 cm³/mol. The lowest BCUT2D eigenvalue weighted by Crippen LogP contribution is -2.29. The fraction of sp³-hybridized carbons (Fsp3) is 0.308. The van der Waals surface area contributed by atoms with E-state index in [1.807, 2.05) is 12.3 Å². The van der Waals surface area contributed by atoms with E-state index in [1.165, 1.54) is 23.6 Å². The summed E-state index contributed by atoms with van der Waals surface area (Å²) in [5, 5.41) is 8.05. The molecule has 1 unspecified atom stereocenters. The minimum Gasteiger partial charge on any atom is -0.371 e. The van der Waals surface area contributed by atoms with E-state index in [0.29, 0.717) is 6.42 Å². The summed E-state index contributed by atoms with van der Waals surface area (Å²) in [6, 6.07) is 1.15. The molecule has 0 aliphatic carbocycles. The largest absolute Gasteiger partial charge is 0.371 e. The normalized spacial score (nSPS) is 11.9. The third-order valence-electron chi connectivity index (χ3n) is 2.83. The summed E-state index contributed by atoms with van der Waals surface area (Å²) in [6.45, 7) is 1.94. The van der Waals surface area contributed by atoms with Gasteiger partial charge in [0.2, 0.25) is 0 Å². The van der Waals surface area contributed by atoms with Gasteiger partial charge in [-0.05, 0) is 12.5 Å². The van der Waals surface area contributed by atoms with Gasteiger partial charge >= 0.3 is 0 Å². The van der Waals surface area contributed by atoms with Crippen LogP contribution in [0.25, 0.3) is 0 Å². The molecule has 106 valence electrons. The van der Waals surface area contributed by atoms with Gasteiger partial charge in [0.15, 0.2) is 11.6 Å². The highest BCUT2D eigenvalue weighted by molar-refractivity contribution is 7.09. The Morgan fingerprint density at radius 1 is 1.45 bits per heavy atom. The molecule has 20 heavy (non-hydrogen) atoms. The molecule has 1 atom stereocenters. The number of hydrogen-bond acceptors (Lipinski definition) is 5. The van der Waals surface area contributed by atoms with Crippen molar-refractivity contribution in [3.8, 4) is 0 Å². The Morgan fingerprint density at radius 3 is 2.85 bits per heavy atom. The number of aromatic nitrogens is 2. The highest BCUT2D eigenvalue weighted by atomic mass is 32.1. The van der Waals surface area contributed by atoms with Crippen LogP contribution in [0.5, 0.6) is 0 Å². The Bertz CT molecular complexity index is 588. The van der Waals surface area contributed by atoms with Crippen LogP contribution in [0.2, 0.25) is 0 Å². The fourth-order valence-corrected chi connectivity index (χ4v) is 2.55. The van der Waals surface area contributed by atoms with Crippen LogP contribution >= 0.6 is 11.3 Å². The molecule has 2 heterocycles. The molecule has 0 bridgehead atoms. The van der Waals surface area contributed by atoms with Crippen molar-refractivity contribution in [2.24, 2.45) is 0 Å². The zero-order valence-electron chi connectivity index (χ0n) is 11.2. The quantitative estimate of drug-likeness (QED) is 0.889. The van der Waals surface area contributed by atoms with Crippen molar-refractivity contribution in [3.63, 3.8) is 0 Å². The molecule has 1 amide bonds. The number of halogens is 1. The SMILES string of the molecule is CCC(NC(=O)c1ccnc(NC)c1F)c1nccs1. The summed E-state index contributed by atoms with van der Waals surface area (Å²) in [7, 11) is 1.55. The second kappa shape index (κ2) is 6.42. The highest BCUT2D eigenvalue weighted by Gasteiger charge is 2.20. The number of carbonyl (C=O) groups is 1. The van der Waals surface area contributed by atoms with Gasteiger partial charge in [-0.3, -0.25) is 4.79 Å². The molecule has 0 spiro atoms. The molecule has 0 radical (unpaired) electrons. The summed E-state index contributed by atoms with van der Waals surface area (Å²) in [5.41, 5.74) is -0.0284. The monoisotopic (exact) mass is 294 g/mol. The van der Waals surface area contributed by atoms with E-state index >= 15 is 0 Å². The lowest BCUT2D eigenvalue weighted by Gasteiger charge is -2.15. The molecule has 0 aromatic carbocycles. The van der Waals surface area contributed by atoms with E-state index in [0.717, 1.165) is 5.01 Å². The minimum absolute atomic E-state index is 0.0284. The van der Waals surface area contributed by atoms with Crippen LogP contribution in [0.4, 0.5) is 10.2 Å². The van der Waals surface area contributed by atoms with Gasteiger partial charge in [0.1, 0.15) is 5.01 Å². The average Bonchev–Trinajstić information content (AvgIpc) is 2.98. The molecule has 2 rings (SSSR count).